The van der Waals surface area contributed by atoms with E-state index in [-0.39, 0.29) is 17.9 Å². The molecule has 9 heteroatoms. The van der Waals surface area contributed by atoms with Crippen molar-refractivity contribution >= 4 is 28.9 Å². The van der Waals surface area contributed by atoms with Crippen LogP contribution in [0.4, 0.5) is 30.2 Å². The molecule has 2 saturated heterocycles. The van der Waals surface area contributed by atoms with Crippen molar-refractivity contribution in [1.29, 1.82) is 0 Å². The Kier molecular flexibility index (Phi) is 5.42. The van der Waals surface area contributed by atoms with E-state index < -0.39 is 11.7 Å². The average molecular weight is 458 g/mol. The molecule has 3 aliphatic rings. The van der Waals surface area contributed by atoms with Gasteiger partial charge < -0.3 is 20.0 Å². The third-order valence-electron chi connectivity index (χ3n) is 6.72. The quantitative estimate of drug-likeness (QED) is 0.740. The smallest absolute Gasteiger partial charge is 0.368 e. The zero-order chi connectivity index (χ0) is 23.2. The van der Waals surface area contributed by atoms with Crippen LogP contribution in [0.5, 0.6) is 0 Å². The minimum absolute atomic E-state index is 0.0264. The van der Waals surface area contributed by atoms with Crippen LogP contribution in [0.3, 0.4) is 0 Å². The number of piperidine rings is 1. The third-order valence-corrected chi connectivity index (χ3v) is 6.72. The number of nitrogens with zero attached hydrogens (tertiary/aromatic N) is 3. The molecule has 2 aromatic rings. The van der Waals surface area contributed by atoms with E-state index in [4.69, 9.17) is 0 Å². The van der Waals surface area contributed by atoms with Gasteiger partial charge in [-0.15, -0.1) is 0 Å². The summed E-state index contributed by atoms with van der Waals surface area (Å²) in [5.74, 6) is -0.169. The van der Waals surface area contributed by atoms with Gasteiger partial charge in [0.1, 0.15) is 6.04 Å². The first kappa shape index (κ1) is 21.6. The summed E-state index contributed by atoms with van der Waals surface area (Å²) in [6.45, 7) is 2.55. The molecule has 2 amide bonds. The van der Waals surface area contributed by atoms with Crippen molar-refractivity contribution < 1.29 is 22.8 Å². The Morgan fingerprint density at radius 1 is 0.970 bits per heavy atom. The van der Waals surface area contributed by atoms with Crippen LogP contribution >= 0.6 is 0 Å². The fourth-order valence-corrected chi connectivity index (χ4v) is 4.96. The molecule has 0 saturated carbocycles. The number of rotatable bonds is 2. The molecule has 0 spiro atoms. The van der Waals surface area contributed by atoms with E-state index in [1.165, 1.54) is 6.07 Å². The van der Waals surface area contributed by atoms with Crippen LogP contribution < -0.4 is 15.1 Å². The Hall–Kier alpha value is -3.23. The van der Waals surface area contributed by atoms with Crippen molar-refractivity contribution in [2.45, 2.75) is 31.5 Å². The van der Waals surface area contributed by atoms with Crippen LogP contribution in [-0.2, 0) is 11.0 Å². The maximum Gasteiger partial charge on any atom is 0.416 e. The van der Waals surface area contributed by atoms with Crippen LogP contribution in [0.15, 0.2) is 42.5 Å². The second-order valence-electron chi connectivity index (χ2n) is 8.75. The lowest BCUT2D eigenvalue weighted by atomic mass is 9.96. The average Bonchev–Trinajstić information content (AvgIpc) is 2.83. The summed E-state index contributed by atoms with van der Waals surface area (Å²) in [5.41, 5.74) is 1.93. The Balaban J connectivity index is 1.27. The Morgan fingerprint density at radius 2 is 1.76 bits per heavy atom. The molecular weight excluding hydrogens is 433 g/mol. The molecule has 6 nitrogen and oxygen atoms in total. The molecule has 2 aromatic carbocycles. The minimum Gasteiger partial charge on any atom is -0.368 e. The summed E-state index contributed by atoms with van der Waals surface area (Å²) in [4.78, 5) is 31.3. The molecule has 3 heterocycles. The van der Waals surface area contributed by atoms with Crippen molar-refractivity contribution in [2.75, 3.05) is 47.8 Å². The van der Waals surface area contributed by atoms with Gasteiger partial charge >= 0.3 is 6.18 Å². The number of hydrogen-bond acceptors (Lipinski definition) is 4. The van der Waals surface area contributed by atoms with E-state index >= 15 is 0 Å². The number of fused-ring (bicyclic) bond motifs is 3. The predicted molar refractivity (Wildman–Crippen MR) is 120 cm³/mol. The molecule has 1 N–H and O–H groups in total. The Morgan fingerprint density at radius 3 is 2.52 bits per heavy atom. The minimum atomic E-state index is -4.39. The zero-order valence-corrected chi connectivity index (χ0v) is 18.1. The highest BCUT2D eigenvalue weighted by atomic mass is 19.4. The van der Waals surface area contributed by atoms with E-state index in [1.807, 2.05) is 11.0 Å². The SMILES string of the molecule is O=C1Nc2cc(C(=O)N3CCN(c4cccc(C(F)(F)F)c4)CC3)ccc2N2CCCC[C@@H]12. The zero-order valence-electron chi connectivity index (χ0n) is 18.1. The van der Waals surface area contributed by atoms with Crippen molar-refractivity contribution in [2.24, 2.45) is 0 Å². The van der Waals surface area contributed by atoms with Crippen LogP contribution in [0.2, 0.25) is 0 Å². The number of alkyl halides is 3. The third kappa shape index (κ3) is 4.12. The number of piperazine rings is 1. The first-order chi connectivity index (χ1) is 15.8. The highest BCUT2D eigenvalue weighted by Gasteiger charge is 2.35. The van der Waals surface area contributed by atoms with Gasteiger partial charge in [0, 0.05) is 44.0 Å². The predicted octanol–water partition coefficient (Wildman–Crippen LogP) is 3.98. The normalized spacial score (nSPS) is 20.8. The molecule has 0 aliphatic carbocycles. The van der Waals surface area contributed by atoms with Gasteiger partial charge in [-0.25, -0.2) is 0 Å². The topological polar surface area (TPSA) is 55.9 Å². The second-order valence-corrected chi connectivity index (χ2v) is 8.75. The number of nitrogens with one attached hydrogen (secondary N) is 1. The number of hydrogen-bond donors (Lipinski definition) is 1. The summed E-state index contributed by atoms with van der Waals surface area (Å²) >= 11 is 0. The van der Waals surface area contributed by atoms with Crippen LogP contribution in [0, 0.1) is 0 Å². The van der Waals surface area contributed by atoms with Crippen molar-refractivity contribution in [3.05, 3.63) is 53.6 Å². The van der Waals surface area contributed by atoms with Gasteiger partial charge in [0.15, 0.2) is 0 Å². The van der Waals surface area contributed by atoms with E-state index in [2.05, 4.69) is 10.2 Å². The molecule has 3 aliphatic heterocycles. The van der Waals surface area contributed by atoms with Gasteiger partial charge in [-0.05, 0) is 55.7 Å². The molecule has 5 rings (SSSR count). The second kappa shape index (κ2) is 8.28. The van der Waals surface area contributed by atoms with Gasteiger partial charge in [-0.1, -0.05) is 6.07 Å². The van der Waals surface area contributed by atoms with E-state index in [1.54, 1.807) is 23.1 Å². The Labute approximate surface area is 189 Å². The summed E-state index contributed by atoms with van der Waals surface area (Å²) in [7, 11) is 0. The lowest BCUT2D eigenvalue weighted by Crippen LogP contribution is -2.50. The molecule has 0 radical (unpaired) electrons. The number of benzene rings is 2. The number of carbonyl (C=O) groups excluding carboxylic acids is 2. The molecule has 0 aromatic heterocycles. The first-order valence-corrected chi connectivity index (χ1v) is 11.2. The summed E-state index contributed by atoms with van der Waals surface area (Å²) in [6.07, 6.45) is -1.47. The van der Waals surface area contributed by atoms with Crippen LogP contribution in [0.25, 0.3) is 0 Å². The number of anilines is 3. The number of halogens is 3. The standard InChI is InChI=1S/C24H25F3N4O2/c25-24(26,27)17-4-3-5-18(15-17)29-10-12-30(13-11-29)23(33)16-7-8-20-19(14-16)28-22(32)21-6-1-2-9-31(20)21/h3-5,7-8,14-15,21H,1-2,6,9-13H2,(H,28,32)/t21-/m0/s1. The maximum atomic E-state index is 13.1. The molecular formula is C24H25F3N4O2. The van der Waals surface area contributed by atoms with Crippen LogP contribution in [-0.4, -0.2) is 55.5 Å². The van der Waals surface area contributed by atoms with Crippen molar-refractivity contribution in [3.8, 4) is 0 Å². The fraction of sp³-hybridized carbons (Fsp3) is 0.417. The molecule has 0 bridgehead atoms. The van der Waals surface area contributed by atoms with Crippen molar-refractivity contribution in [1.82, 2.24) is 4.90 Å². The van der Waals surface area contributed by atoms with Crippen molar-refractivity contribution in [3.63, 3.8) is 0 Å². The summed E-state index contributed by atoms with van der Waals surface area (Å²) in [5, 5.41) is 2.95. The lowest BCUT2D eigenvalue weighted by Gasteiger charge is -2.41. The van der Waals surface area contributed by atoms with Gasteiger partial charge in [0.25, 0.3) is 5.91 Å². The van der Waals surface area contributed by atoms with Gasteiger partial charge in [0.05, 0.1) is 16.9 Å². The maximum absolute atomic E-state index is 13.1. The van der Waals surface area contributed by atoms with Gasteiger partial charge in [-0.3, -0.25) is 9.59 Å². The van der Waals surface area contributed by atoms with E-state index in [0.29, 0.717) is 43.1 Å². The molecule has 1 atom stereocenters. The number of carbonyl (C=O) groups is 2. The van der Waals surface area contributed by atoms with Crippen LogP contribution in [0.1, 0.15) is 35.2 Å². The first-order valence-electron chi connectivity index (χ1n) is 11.2. The largest absolute Gasteiger partial charge is 0.416 e. The summed E-state index contributed by atoms with van der Waals surface area (Å²) < 4.78 is 39.1. The molecule has 33 heavy (non-hydrogen) atoms. The molecule has 174 valence electrons. The highest BCUT2D eigenvalue weighted by Crippen LogP contribution is 2.37. The summed E-state index contributed by atoms with van der Waals surface area (Å²) in [6, 6.07) is 10.6. The van der Waals surface area contributed by atoms with Gasteiger partial charge in [0.2, 0.25) is 5.91 Å². The Bertz CT molecular complexity index is 1080. The number of amides is 2. The lowest BCUT2D eigenvalue weighted by molar-refractivity contribution is -0.137. The van der Waals surface area contributed by atoms with E-state index in [0.717, 1.165) is 43.6 Å². The molecule has 2 fully saturated rings. The monoisotopic (exact) mass is 458 g/mol. The highest BCUT2D eigenvalue weighted by molar-refractivity contribution is 6.05. The fourth-order valence-electron chi connectivity index (χ4n) is 4.96. The molecule has 0 unspecified atom stereocenters. The van der Waals surface area contributed by atoms with E-state index in [9.17, 15) is 22.8 Å². The van der Waals surface area contributed by atoms with Gasteiger partial charge in [-0.2, -0.15) is 13.2 Å².